The number of carbonyl (C=O) groups excluding carboxylic acids is 2. The number of hydrogen-bond donors (Lipinski definition) is 2. The molecule has 3 rings (SSSR count). The number of ketones is 1. The third-order valence-corrected chi connectivity index (χ3v) is 4.14. The van der Waals surface area contributed by atoms with Gasteiger partial charge in [-0.2, -0.15) is 0 Å². The van der Waals surface area contributed by atoms with E-state index in [0.717, 1.165) is 0 Å². The van der Waals surface area contributed by atoms with Gasteiger partial charge in [-0.1, -0.05) is 18.2 Å². The van der Waals surface area contributed by atoms with Crippen LogP contribution >= 0.6 is 0 Å². The van der Waals surface area contributed by atoms with E-state index in [1.165, 1.54) is 19.1 Å². The number of aromatic hydroxyl groups is 1. The van der Waals surface area contributed by atoms with E-state index in [1.54, 1.807) is 24.3 Å². The number of hydrogen-bond acceptors (Lipinski definition) is 6. The summed E-state index contributed by atoms with van der Waals surface area (Å²) < 4.78 is 10.5. The molecule has 2 aromatic carbocycles. The molecule has 0 aliphatic carbocycles. The normalized spacial score (nSPS) is 15.7. The second kappa shape index (κ2) is 6.87. The summed E-state index contributed by atoms with van der Waals surface area (Å²) >= 11 is 0. The highest BCUT2D eigenvalue weighted by molar-refractivity contribution is 5.98. The average molecular weight is 356 g/mol. The van der Waals surface area contributed by atoms with Crippen LogP contribution in [0, 0.1) is 0 Å². The van der Waals surface area contributed by atoms with Crippen LogP contribution in [0.1, 0.15) is 40.7 Å². The molecule has 0 spiro atoms. The number of carboxylic acid groups (broad SMARTS) is 1. The van der Waals surface area contributed by atoms with E-state index in [9.17, 15) is 19.5 Å². The Morgan fingerprint density at radius 1 is 1.23 bits per heavy atom. The Bertz CT molecular complexity index is 901. The maximum Gasteiger partial charge on any atom is 0.341 e. The van der Waals surface area contributed by atoms with Crippen LogP contribution in [0.3, 0.4) is 0 Å². The van der Waals surface area contributed by atoms with Gasteiger partial charge in [-0.3, -0.25) is 9.59 Å². The molecule has 0 unspecified atom stereocenters. The van der Waals surface area contributed by atoms with E-state index < -0.39 is 24.5 Å². The number of ether oxygens (including phenoxy) is 2. The molecule has 7 heteroatoms. The second-order valence-corrected chi connectivity index (χ2v) is 5.88. The third-order valence-electron chi connectivity index (χ3n) is 4.14. The van der Waals surface area contributed by atoms with Gasteiger partial charge in [0.05, 0.1) is 12.0 Å². The molecule has 0 saturated heterocycles. The van der Waals surface area contributed by atoms with Crippen molar-refractivity contribution >= 4 is 17.7 Å². The van der Waals surface area contributed by atoms with Gasteiger partial charge in [0.2, 0.25) is 0 Å². The van der Waals surface area contributed by atoms with E-state index in [0.29, 0.717) is 11.1 Å². The number of esters is 1. The molecule has 134 valence electrons. The number of phenols is 1. The number of fused-ring (bicyclic) bond motifs is 1. The van der Waals surface area contributed by atoms with E-state index in [1.807, 2.05) is 0 Å². The smallest absolute Gasteiger partial charge is 0.341 e. The van der Waals surface area contributed by atoms with Gasteiger partial charge in [0.1, 0.15) is 17.2 Å². The Kier molecular flexibility index (Phi) is 4.62. The maximum atomic E-state index is 12.0. The van der Waals surface area contributed by atoms with Crippen LogP contribution in [0.2, 0.25) is 0 Å². The Hall–Kier alpha value is -3.35. The van der Waals surface area contributed by atoms with E-state index >= 15 is 0 Å². The first-order valence-corrected chi connectivity index (χ1v) is 7.89. The Morgan fingerprint density at radius 3 is 2.65 bits per heavy atom. The monoisotopic (exact) mass is 356 g/mol. The summed E-state index contributed by atoms with van der Waals surface area (Å²) in [6, 6.07) is 9.53. The fraction of sp³-hybridized carbons (Fsp3) is 0.211. The summed E-state index contributed by atoms with van der Waals surface area (Å²) in [6.45, 7) is 0.787. The summed E-state index contributed by atoms with van der Waals surface area (Å²) in [4.78, 5) is 34.6. The summed E-state index contributed by atoms with van der Waals surface area (Å²) in [5.74, 6) is -2.38. The van der Waals surface area contributed by atoms with Gasteiger partial charge in [0, 0.05) is 17.0 Å². The molecule has 1 atom stereocenters. The molecular formula is C19H16O7. The number of phenolic OH excluding ortho intramolecular Hbond substituents is 1. The Balaban J connectivity index is 2.13. The quantitative estimate of drug-likeness (QED) is 0.481. The van der Waals surface area contributed by atoms with Crippen LogP contribution in [-0.4, -0.2) is 34.5 Å². The van der Waals surface area contributed by atoms with Crippen molar-refractivity contribution in [3.63, 3.8) is 0 Å². The van der Waals surface area contributed by atoms with E-state index in [2.05, 4.69) is 0 Å². The van der Waals surface area contributed by atoms with Crippen molar-refractivity contribution < 1.29 is 34.1 Å². The van der Waals surface area contributed by atoms with E-state index in [-0.39, 0.29) is 35.0 Å². The second-order valence-electron chi connectivity index (χ2n) is 5.88. The topological polar surface area (TPSA) is 110 Å². The number of carbonyl (C=O) groups is 3. The lowest BCUT2D eigenvalue weighted by molar-refractivity contribution is -0.139. The zero-order valence-electron chi connectivity index (χ0n) is 13.9. The molecule has 0 radical (unpaired) electrons. The van der Waals surface area contributed by atoms with Crippen molar-refractivity contribution in [3.8, 4) is 17.2 Å². The summed E-state index contributed by atoms with van der Waals surface area (Å²) in [7, 11) is 0. The highest BCUT2D eigenvalue weighted by Gasteiger charge is 2.34. The summed E-state index contributed by atoms with van der Waals surface area (Å²) in [5.41, 5.74) is 0.960. The van der Waals surface area contributed by atoms with Gasteiger partial charge in [-0.05, 0) is 25.1 Å². The molecule has 2 aromatic rings. The van der Waals surface area contributed by atoms with Crippen molar-refractivity contribution in [2.24, 2.45) is 0 Å². The number of para-hydroxylation sites is 1. The van der Waals surface area contributed by atoms with Crippen molar-refractivity contribution in [2.75, 3.05) is 6.61 Å². The predicted octanol–water partition coefficient (Wildman–Crippen LogP) is 2.50. The van der Waals surface area contributed by atoms with Crippen LogP contribution < -0.4 is 9.47 Å². The number of Topliss-reactive ketones (excluding diaryl/α,β-unsaturated/α-hetero) is 1. The minimum atomic E-state index is -1.13. The van der Waals surface area contributed by atoms with Crippen molar-refractivity contribution in [2.45, 2.75) is 19.3 Å². The number of carboxylic acids is 1. The molecule has 0 bridgehead atoms. The molecule has 7 nitrogen and oxygen atoms in total. The third kappa shape index (κ3) is 3.23. The lowest BCUT2D eigenvalue weighted by atomic mass is 9.84. The Labute approximate surface area is 148 Å². The van der Waals surface area contributed by atoms with Crippen LogP contribution in [0.5, 0.6) is 17.2 Å². The van der Waals surface area contributed by atoms with Crippen LogP contribution in [-0.2, 0) is 9.59 Å². The lowest BCUT2D eigenvalue weighted by Gasteiger charge is -2.27. The standard InChI is InChI=1S/C19H16O7/c1-10(20)11-6-7-15-18(19(11)24)13(8-17(23)26-15)12-4-2-3-5-14(12)25-9-16(21)22/h2-7,13,24H,8-9H2,1H3,(H,21,22)/t13-/m0/s1. The molecule has 1 aliphatic heterocycles. The highest BCUT2D eigenvalue weighted by atomic mass is 16.5. The van der Waals surface area contributed by atoms with E-state index in [4.69, 9.17) is 14.6 Å². The maximum absolute atomic E-state index is 12.0. The molecule has 0 amide bonds. The molecule has 26 heavy (non-hydrogen) atoms. The molecule has 1 aliphatic rings. The van der Waals surface area contributed by atoms with Gasteiger partial charge < -0.3 is 19.7 Å². The van der Waals surface area contributed by atoms with Crippen molar-refractivity contribution in [3.05, 3.63) is 53.1 Å². The summed E-state index contributed by atoms with van der Waals surface area (Å²) in [5, 5.41) is 19.4. The number of aliphatic carboxylic acids is 1. The number of rotatable bonds is 5. The zero-order chi connectivity index (χ0) is 18.8. The van der Waals surface area contributed by atoms with Crippen molar-refractivity contribution in [1.82, 2.24) is 0 Å². The molecule has 0 fully saturated rings. The first kappa shape index (κ1) is 17.5. The summed E-state index contributed by atoms with van der Waals surface area (Å²) in [6.07, 6.45) is -0.0740. The van der Waals surface area contributed by atoms with Gasteiger partial charge in [-0.15, -0.1) is 0 Å². The lowest BCUT2D eigenvalue weighted by Crippen LogP contribution is -2.22. The van der Waals surface area contributed by atoms with Crippen LogP contribution in [0.25, 0.3) is 0 Å². The first-order valence-electron chi connectivity index (χ1n) is 7.89. The molecule has 1 heterocycles. The fourth-order valence-electron chi connectivity index (χ4n) is 3.04. The van der Waals surface area contributed by atoms with Crippen LogP contribution in [0.15, 0.2) is 36.4 Å². The molecule has 2 N–H and O–H groups in total. The van der Waals surface area contributed by atoms with Gasteiger partial charge in [0.25, 0.3) is 0 Å². The first-order chi connectivity index (χ1) is 12.4. The average Bonchev–Trinajstić information content (AvgIpc) is 2.59. The van der Waals surface area contributed by atoms with Gasteiger partial charge in [-0.25, -0.2) is 4.79 Å². The molecule has 0 saturated carbocycles. The number of benzene rings is 2. The molecule has 0 aromatic heterocycles. The molecular weight excluding hydrogens is 340 g/mol. The predicted molar refractivity (Wildman–Crippen MR) is 89.8 cm³/mol. The van der Waals surface area contributed by atoms with Crippen molar-refractivity contribution in [1.29, 1.82) is 0 Å². The SMILES string of the molecule is CC(=O)c1ccc2c(c1O)[C@H](c1ccccc1OCC(=O)O)CC(=O)O2. The van der Waals surface area contributed by atoms with Gasteiger partial charge in [0.15, 0.2) is 12.4 Å². The Morgan fingerprint density at radius 2 is 1.96 bits per heavy atom. The largest absolute Gasteiger partial charge is 0.507 e. The minimum Gasteiger partial charge on any atom is -0.507 e. The highest BCUT2D eigenvalue weighted by Crippen LogP contribution is 2.47. The van der Waals surface area contributed by atoms with Crippen LogP contribution in [0.4, 0.5) is 0 Å². The minimum absolute atomic E-state index is 0.0740. The fourth-order valence-corrected chi connectivity index (χ4v) is 3.04. The van der Waals surface area contributed by atoms with Gasteiger partial charge >= 0.3 is 11.9 Å². The zero-order valence-corrected chi connectivity index (χ0v) is 13.9.